The van der Waals surface area contributed by atoms with Crippen LogP contribution in [0.4, 0.5) is 5.69 Å². The molecule has 1 aromatic carbocycles. The van der Waals surface area contributed by atoms with Gasteiger partial charge in [-0.3, -0.25) is 0 Å². The maximum atomic E-state index is 12.1. The molecule has 1 unspecified atom stereocenters. The second-order valence-electron chi connectivity index (χ2n) is 4.26. The monoisotopic (exact) mass is 272 g/mol. The van der Waals surface area contributed by atoms with E-state index in [1.54, 1.807) is 0 Å². The summed E-state index contributed by atoms with van der Waals surface area (Å²) in [5, 5.41) is 9.27. The summed E-state index contributed by atoms with van der Waals surface area (Å²) >= 11 is 0. The molecule has 1 aliphatic rings. The quantitative estimate of drug-likeness (QED) is 0.547. The molecule has 100 valence electrons. The number of sulfonamides is 1. The third-order valence-electron chi connectivity index (χ3n) is 2.79. The largest absolute Gasteiger partial charge is 0.506 e. The van der Waals surface area contributed by atoms with Crippen molar-refractivity contribution in [3.63, 3.8) is 0 Å². The molecule has 1 saturated heterocycles. The highest BCUT2D eigenvalue weighted by molar-refractivity contribution is 7.89. The number of hydrogen-bond donors (Lipinski definition) is 3. The van der Waals surface area contributed by atoms with Crippen molar-refractivity contribution in [1.29, 1.82) is 0 Å². The van der Waals surface area contributed by atoms with Crippen LogP contribution in [0.5, 0.6) is 5.75 Å². The van der Waals surface area contributed by atoms with E-state index in [0.29, 0.717) is 13.2 Å². The molecule has 1 aromatic rings. The number of hydrogen-bond acceptors (Lipinski definition) is 5. The molecule has 0 aromatic heterocycles. The van der Waals surface area contributed by atoms with E-state index in [1.165, 1.54) is 18.2 Å². The Hall–Kier alpha value is -1.31. The van der Waals surface area contributed by atoms with Gasteiger partial charge in [0.05, 0.1) is 17.2 Å². The van der Waals surface area contributed by atoms with Crippen LogP contribution in [0, 0.1) is 0 Å². The number of rotatable bonds is 3. The van der Waals surface area contributed by atoms with E-state index >= 15 is 0 Å². The highest BCUT2D eigenvalue weighted by Crippen LogP contribution is 2.23. The molecule has 0 saturated carbocycles. The van der Waals surface area contributed by atoms with E-state index in [9.17, 15) is 13.5 Å². The van der Waals surface area contributed by atoms with E-state index in [4.69, 9.17) is 10.5 Å². The first kappa shape index (κ1) is 13.1. The van der Waals surface area contributed by atoms with Gasteiger partial charge in [0.2, 0.25) is 10.0 Å². The zero-order valence-electron chi connectivity index (χ0n) is 9.80. The smallest absolute Gasteiger partial charge is 0.240 e. The molecule has 1 aliphatic heterocycles. The summed E-state index contributed by atoms with van der Waals surface area (Å²) in [6.45, 7) is 1.05. The van der Waals surface area contributed by atoms with E-state index < -0.39 is 10.0 Å². The molecule has 1 fully saturated rings. The van der Waals surface area contributed by atoms with Gasteiger partial charge in [-0.15, -0.1) is 0 Å². The van der Waals surface area contributed by atoms with Crippen LogP contribution in [0.3, 0.4) is 0 Å². The van der Waals surface area contributed by atoms with Crippen molar-refractivity contribution in [3.05, 3.63) is 18.2 Å². The molecule has 2 rings (SSSR count). The molecule has 0 bridgehead atoms. The molecule has 7 heteroatoms. The van der Waals surface area contributed by atoms with Gasteiger partial charge in [-0.2, -0.15) is 0 Å². The van der Waals surface area contributed by atoms with Gasteiger partial charge in [-0.05, 0) is 31.0 Å². The minimum Gasteiger partial charge on any atom is -0.506 e. The fraction of sp³-hybridized carbons (Fsp3) is 0.455. The molecular weight excluding hydrogens is 256 g/mol. The number of benzene rings is 1. The Morgan fingerprint density at radius 1 is 1.44 bits per heavy atom. The molecule has 18 heavy (non-hydrogen) atoms. The van der Waals surface area contributed by atoms with Gasteiger partial charge < -0.3 is 15.6 Å². The standard InChI is InChI=1S/C11H16N2O4S/c12-10-6-9(3-4-11(10)14)18(15,16)13-8-2-1-5-17-7-8/h3-4,6,8,13-14H,1-2,5,7,12H2. The summed E-state index contributed by atoms with van der Waals surface area (Å²) in [6, 6.07) is 3.61. The van der Waals surface area contributed by atoms with Gasteiger partial charge in [0.15, 0.2) is 0 Å². The van der Waals surface area contributed by atoms with Gasteiger partial charge >= 0.3 is 0 Å². The first-order valence-corrected chi connectivity index (χ1v) is 7.16. The molecule has 4 N–H and O–H groups in total. The van der Waals surface area contributed by atoms with Crippen molar-refractivity contribution in [2.75, 3.05) is 18.9 Å². The number of anilines is 1. The minimum atomic E-state index is -3.62. The molecule has 0 aliphatic carbocycles. The third-order valence-corrected chi connectivity index (χ3v) is 4.31. The second-order valence-corrected chi connectivity index (χ2v) is 5.97. The molecule has 6 nitrogen and oxygen atoms in total. The zero-order chi connectivity index (χ0) is 13.2. The average molecular weight is 272 g/mol. The normalized spacial score (nSPS) is 20.8. The summed E-state index contributed by atoms with van der Waals surface area (Å²) in [7, 11) is -3.62. The Bertz CT molecular complexity index is 524. The second kappa shape index (κ2) is 5.13. The average Bonchev–Trinajstić information content (AvgIpc) is 2.33. The van der Waals surface area contributed by atoms with Gasteiger partial charge in [0, 0.05) is 12.6 Å². The van der Waals surface area contributed by atoms with Crippen molar-refractivity contribution >= 4 is 15.7 Å². The zero-order valence-corrected chi connectivity index (χ0v) is 10.6. The lowest BCUT2D eigenvalue weighted by atomic mass is 10.1. The van der Waals surface area contributed by atoms with Crippen LogP contribution in [0.25, 0.3) is 0 Å². The van der Waals surface area contributed by atoms with Crippen molar-refractivity contribution in [2.24, 2.45) is 0 Å². The highest BCUT2D eigenvalue weighted by atomic mass is 32.2. The number of nitrogens with two attached hydrogens (primary N) is 1. The van der Waals surface area contributed by atoms with Crippen LogP contribution in [0.1, 0.15) is 12.8 Å². The first-order chi connectivity index (χ1) is 8.49. The van der Waals surface area contributed by atoms with E-state index in [1.807, 2.05) is 0 Å². The first-order valence-electron chi connectivity index (χ1n) is 5.67. The van der Waals surface area contributed by atoms with E-state index in [2.05, 4.69) is 4.72 Å². The van der Waals surface area contributed by atoms with E-state index in [0.717, 1.165) is 12.8 Å². The lowest BCUT2D eigenvalue weighted by Gasteiger charge is -2.23. The lowest BCUT2D eigenvalue weighted by Crippen LogP contribution is -2.40. The van der Waals surface area contributed by atoms with Crippen LogP contribution >= 0.6 is 0 Å². The summed E-state index contributed by atoms with van der Waals surface area (Å²) in [5.41, 5.74) is 5.52. The molecule has 0 spiro atoms. The number of phenols is 1. The molecular formula is C11H16N2O4S. The summed E-state index contributed by atoms with van der Waals surface area (Å²) < 4.78 is 31.9. The number of ether oxygens (including phenoxy) is 1. The minimum absolute atomic E-state index is 0.0396. The van der Waals surface area contributed by atoms with Crippen LogP contribution in [-0.4, -0.2) is 32.8 Å². The predicted molar refractivity (Wildman–Crippen MR) is 66.7 cm³/mol. The maximum absolute atomic E-state index is 12.1. The van der Waals surface area contributed by atoms with Gasteiger partial charge in [-0.25, -0.2) is 13.1 Å². The van der Waals surface area contributed by atoms with Crippen LogP contribution in [0.15, 0.2) is 23.1 Å². The Balaban J connectivity index is 2.16. The van der Waals surface area contributed by atoms with Crippen LogP contribution in [0.2, 0.25) is 0 Å². The van der Waals surface area contributed by atoms with Crippen LogP contribution in [-0.2, 0) is 14.8 Å². The van der Waals surface area contributed by atoms with Gasteiger partial charge in [0.1, 0.15) is 5.75 Å². The number of nitrogens with one attached hydrogen (secondary N) is 1. The summed E-state index contributed by atoms with van der Waals surface area (Å²) in [5.74, 6) is -0.130. The summed E-state index contributed by atoms with van der Waals surface area (Å²) in [4.78, 5) is 0.0448. The van der Waals surface area contributed by atoms with Crippen molar-refractivity contribution in [1.82, 2.24) is 4.72 Å². The number of aromatic hydroxyl groups is 1. The molecule has 0 amide bonds. The lowest BCUT2D eigenvalue weighted by molar-refractivity contribution is 0.0774. The fourth-order valence-corrected chi connectivity index (χ4v) is 3.11. The topological polar surface area (TPSA) is 102 Å². The van der Waals surface area contributed by atoms with Gasteiger partial charge in [0.25, 0.3) is 0 Å². The number of nitrogen functional groups attached to an aromatic ring is 1. The van der Waals surface area contributed by atoms with Crippen molar-refractivity contribution in [2.45, 2.75) is 23.8 Å². The van der Waals surface area contributed by atoms with Crippen molar-refractivity contribution in [3.8, 4) is 5.75 Å². The molecule has 1 heterocycles. The number of phenolic OH excluding ortho intramolecular Hbond substituents is 1. The Kier molecular flexibility index (Phi) is 3.74. The molecule has 1 atom stereocenters. The van der Waals surface area contributed by atoms with Gasteiger partial charge in [-0.1, -0.05) is 0 Å². The van der Waals surface area contributed by atoms with Crippen molar-refractivity contribution < 1.29 is 18.3 Å². The van der Waals surface area contributed by atoms with Crippen LogP contribution < -0.4 is 10.5 Å². The third kappa shape index (κ3) is 2.92. The van der Waals surface area contributed by atoms with E-state index in [-0.39, 0.29) is 22.4 Å². The highest BCUT2D eigenvalue weighted by Gasteiger charge is 2.22. The molecule has 0 radical (unpaired) electrons. The summed E-state index contributed by atoms with van der Waals surface area (Å²) in [6.07, 6.45) is 1.59. The Morgan fingerprint density at radius 2 is 2.22 bits per heavy atom. The SMILES string of the molecule is Nc1cc(S(=O)(=O)NC2CCCOC2)ccc1O. The Morgan fingerprint density at radius 3 is 2.83 bits per heavy atom. The predicted octanol–water partition coefficient (Wildman–Crippen LogP) is 0.432. The maximum Gasteiger partial charge on any atom is 0.240 e. The Labute approximate surface area is 106 Å². The fourth-order valence-electron chi connectivity index (χ4n) is 1.82.